The van der Waals surface area contributed by atoms with E-state index in [1.54, 1.807) is 25.1 Å². The van der Waals surface area contributed by atoms with Crippen molar-refractivity contribution in [1.82, 2.24) is 0 Å². The van der Waals surface area contributed by atoms with E-state index in [0.717, 1.165) is 18.4 Å². The van der Waals surface area contributed by atoms with Gasteiger partial charge in [0.2, 0.25) is 0 Å². The summed E-state index contributed by atoms with van der Waals surface area (Å²) >= 11 is 0. The number of para-hydroxylation sites is 1. The Morgan fingerprint density at radius 3 is 2.62 bits per heavy atom. The van der Waals surface area contributed by atoms with Crippen molar-refractivity contribution >= 4 is 0 Å². The van der Waals surface area contributed by atoms with Crippen LogP contribution in [0, 0.1) is 6.92 Å². The molecule has 0 bridgehead atoms. The normalized spacial score (nSPS) is 14.5. The predicted molar refractivity (Wildman–Crippen MR) is 75.4 cm³/mol. The van der Waals surface area contributed by atoms with Crippen LogP contribution in [0.5, 0.6) is 5.75 Å². The molecule has 1 nitrogen and oxygen atoms in total. The molecule has 0 N–H and O–H groups in total. The summed E-state index contributed by atoms with van der Waals surface area (Å²) in [5.41, 5.74) is 1.68. The molecule has 0 aliphatic carbocycles. The molecule has 1 heterocycles. The van der Waals surface area contributed by atoms with Crippen molar-refractivity contribution in [2.75, 3.05) is 6.61 Å². The van der Waals surface area contributed by atoms with Crippen LogP contribution in [0.15, 0.2) is 36.4 Å². The average Bonchev–Trinajstić information content (AvgIpc) is 2.46. The van der Waals surface area contributed by atoms with Crippen LogP contribution in [0.1, 0.15) is 23.1 Å². The highest BCUT2D eigenvalue weighted by Gasteiger charge is 2.34. The van der Waals surface area contributed by atoms with Crippen molar-refractivity contribution in [2.24, 2.45) is 0 Å². The average molecular weight is 292 g/mol. The summed E-state index contributed by atoms with van der Waals surface area (Å²) in [6.07, 6.45) is -2.63. The lowest BCUT2D eigenvalue weighted by molar-refractivity contribution is -0.137. The fourth-order valence-corrected chi connectivity index (χ4v) is 2.73. The van der Waals surface area contributed by atoms with Crippen molar-refractivity contribution in [2.45, 2.75) is 25.9 Å². The van der Waals surface area contributed by atoms with Gasteiger partial charge in [-0.05, 0) is 37.0 Å². The Bertz CT molecular complexity index is 674. The standard InChI is InChI=1S/C17H15F3O/c1-11-7-8-13(15(10-11)17(18,19)20)14-6-2-4-12-5-3-9-21-16(12)14/h2,4,6-8,10H,3,5,9H2,1H3. The molecule has 2 aromatic rings. The highest BCUT2D eigenvalue weighted by molar-refractivity contribution is 5.76. The Morgan fingerprint density at radius 1 is 1.05 bits per heavy atom. The van der Waals surface area contributed by atoms with Crippen molar-refractivity contribution in [1.29, 1.82) is 0 Å². The summed E-state index contributed by atoms with van der Waals surface area (Å²) in [6.45, 7) is 2.22. The summed E-state index contributed by atoms with van der Waals surface area (Å²) in [4.78, 5) is 0. The molecule has 0 saturated heterocycles. The molecule has 2 aromatic carbocycles. The number of fused-ring (bicyclic) bond motifs is 1. The third-order valence-electron chi connectivity index (χ3n) is 3.70. The van der Waals surface area contributed by atoms with Crippen LogP contribution in [0.3, 0.4) is 0 Å². The van der Waals surface area contributed by atoms with Crippen LogP contribution in [0.25, 0.3) is 11.1 Å². The maximum atomic E-state index is 13.3. The molecule has 1 aliphatic heterocycles. The van der Waals surface area contributed by atoms with Gasteiger partial charge in [0.1, 0.15) is 5.75 Å². The van der Waals surface area contributed by atoms with Crippen molar-refractivity contribution in [3.63, 3.8) is 0 Å². The van der Waals surface area contributed by atoms with Gasteiger partial charge in [-0.25, -0.2) is 0 Å². The van der Waals surface area contributed by atoms with Gasteiger partial charge in [0.15, 0.2) is 0 Å². The van der Waals surface area contributed by atoms with E-state index < -0.39 is 11.7 Å². The number of hydrogen-bond acceptors (Lipinski definition) is 1. The molecule has 4 heteroatoms. The monoisotopic (exact) mass is 292 g/mol. The molecule has 3 rings (SSSR count). The zero-order valence-electron chi connectivity index (χ0n) is 11.6. The van der Waals surface area contributed by atoms with Gasteiger partial charge in [-0.15, -0.1) is 0 Å². The van der Waals surface area contributed by atoms with E-state index >= 15 is 0 Å². The maximum Gasteiger partial charge on any atom is 0.417 e. The van der Waals surface area contributed by atoms with Crippen molar-refractivity contribution < 1.29 is 17.9 Å². The van der Waals surface area contributed by atoms with E-state index in [4.69, 9.17) is 4.74 Å². The number of hydrogen-bond donors (Lipinski definition) is 0. The van der Waals surface area contributed by atoms with E-state index in [1.165, 1.54) is 12.1 Å². The van der Waals surface area contributed by atoms with E-state index in [1.807, 2.05) is 6.07 Å². The first-order valence-electron chi connectivity index (χ1n) is 6.90. The van der Waals surface area contributed by atoms with Crippen LogP contribution >= 0.6 is 0 Å². The second kappa shape index (κ2) is 5.10. The van der Waals surface area contributed by atoms with Gasteiger partial charge >= 0.3 is 6.18 Å². The Kier molecular flexibility index (Phi) is 3.40. The molecule has 0 radical (unpaired) electrons. The first-order valence-corrected chi connectivity index (χ1v) is 6.90. The second-order valence-electron chi connectivity index (χ2n) is 5.29. The van der Waals surface area contributed by atoms with Crippen LogP contribution in [0.4, 0.5) is 13.2 Å². The van der Waals surface area contributed by atoms with Gasteiger partial charge in [0, 0.05) is 5.56 Å². The van der Waals surface area contributed by atoms with Crippen LogP contribution in [-0.2, 0) is 12.6 Å². The van der Waals surface area contributed by atoms with Gasteiger partial charge in [-0.2, -0.15) is 13.2 Å². The SMILES string of the molecule is Cc1ccc(-c2cccc3c2OCCC3)c(C(F)(F)F)c1. The molecule has 0 saturated carbocycles. The minimum Gasteiger partial charge on any atom is -0.493 e. The first-order chi connectivity index (χ1) is 9.97. The number of alkyl halides is 3. The predicted octanol–water partition coefficient (Wildman–Crippen LogP) is 5.01. The molecular weight excluding hydrogens is 277 g/mol. The smallest absolute Gasteiger partial charge is 0.417 e. The third kappa shape index (κ3) is 2.62. The number of rotatable bonds is 1. The lowest BCUT2D eigenvalue weighted by Crippen LogP contribution is -2.11. The van der Waals surface area contributed by atoms with E-state index in [9.17, 15) is 13.2 Å². The quantitative estimate of drug-likeness (QED) is 0.718. The van der Waals surface area contributed by atoms with Crippen molar-refractivity contribution in [3.05, 3.63) is 53.1 Å². The Labute approximate surface area is 121 Å². The topological polar surface area (TPSA) is 9.23 Å². The van der Waals surface area contributed by atoms with Gasteiger partial charge in [-0.3, -0.25) is 0 Å². The largest absolute Gasteiger partial charge is 0.493 e. The van der Waals surface area contributed by atoms with Gasteiger partial charge in [0.25, 0.3) is 0 Å². The molecule has 0 aromatic heterocycles. The minimum atomic E-state index is -4.38. The lowest BCUT2D eigenvalue weighted by Gasteiger charge is -2.22. The Hall–Kier alpha value is -1.97. The molecule has 0 atom stereocenters. The summed E-state index contributed by atoms with van der Waals surface area (Å²) in [6, 6.07) is 9.84. The van der Waals surface area contributed by atoms with E-state index in [-0.39, 0.29) is 5.56 Å². The summed E-state index contributed by atoms with van der Waals surface area (Å²) in [5.74, 6) is 0.595. The van der Waals surface area contributed by atoms with E-state index in [0.29, 0.717) is 23.5 Å². The summed E-state index contributed by atoms with van der Waals surface area (Å²) in [7, 11) is 0. The third-order valence-corrected chi connectivity index (χ3v) is 3.70. The van der Waals surface area contributed by atoms with Gasteiger partial charge in [0.05, 0.1) is 12.2 Å². The summed E-state index contributed by atoms with van der Waals surface area (Å²) < 4.78 is 45.6. The number of ether oxygens (including phenoxy) is 1. The highest BCUT2D eigenvalue weighted by atomic mass is 19.4. The van der Waals surface area contributed by atoms with Crippen LogP contribution in [-0.4, -0.2) is 6.61 Å². The lowest BCUT2D eigenvalue weighted by atomic mass is 9.93. The van der Waals surface area contributed by atoms with Crippen LogP contribution in [0.2, 0.25) is 0 Å². The second-order valence-corrected chi connectivity index (χ2v) is 5.29. The molecule has 1 aliphatic rings. The van der Waals surface area contributed by atoms with Crippen LogP contribution < -0.4 is 4.74 Å². The number of benzene rings is 2. The zero-order chi connectivity index (χ0) is 15.0. The molecular formula is C17H15F3O. The van der Waals surface area contributed by atoms with Crippen molar-refractivity contribution in [3.8, 4) is 16.9 Å². The molecule has 0 fully saturated rings. The number of aryl methyl sites for hydroxylation is 2. The molecule has 0 spiro atoms. The Balaban J connectivity index is 2.22. The first kappa shape index (κ1) is 14.0. The maximum absolute atomic E-state index is 13.3. The van der Waals surface area contributed by atoms with Gasteiger partial charge < -0.3 is 4.74 Å². The molecule has 0 amide bonds. The highest BCUT2D eigenvalue weighted by Crippen LogP contribution is 2.42. The minimum absolute atomic E-state index is 0.187. The molecule has 0 unspecified atom stereocenters. The molecule has 21 heavy (non-hydrogen) atoms. The zero-order valence-corrected chi connectivity index (χ0v) is 11.6. The number of halogens is 3. The Morgan fingerprint density at radius 2 is 1.86 bits per heavy atom. The van der Waals surface area contributed by atoms with E-state index in [2.05, 4.69) is 0 Å². The fraction of sp³-hybridized carbons (Fsp3) is 0.294. The fourth-order valence-electron chi connectivity index (χ4n) is 2.73. The molecule has 110 valence electrons. The summed E-state index contributed by atoms with van der Waals surface area (Å²) in [5, 5.41) is 0. The van der Waals surface area contributed by atoms with Gasteiger partial charge in [-0.1, -0.05) is 35.9 Å².